The number of fused-ring (bicyclic) bond motifs is 1. The lowest BCUT2D eigenvalue weighted by atomic mass is 9.99. The van der Waals surface area contributed by atoms with Gasteiger partial charge in [0.25, 0.3) is 10.0 Å². The first-order valence-electron chi connectivity index (χ1n) is 10.3. The summed E-state index contributed by atoms with van der Waals surface area (Å²) in [7, 11) is -3.61. The second-order valence-corrected chi connectivity index (χ2v) is 11.9. The predicted octanol–water partition coefficient (Wildman–Crippen LogP) is 4.03. The molecule has 1 atom stereocenters. The van der Waals surface area contributed by atoms with Crippen LogP contribution < -0.4 is 5.32 Å². The highest BCUT2D eigenvalue weighted by molar-refractivity contribution is 7.91. The summed E-state index contributed by atoms with van der Waals surface area (Å²) in [6.07, 6.45) is 1.19. The molecule has 4 heterocycles. The molecule has 1 N–H and O–H groups in total. The van der Waals surface area contributed by atoms with Gasteiger partial charge in [-0.1, -0.05) is 17.4 Å². The topological polar surface area (TPSA) is 97.2 Å². The number of halogens is 1. The van der Waals surface area contributed by atoms with Crippen molar-refractivity contribution in [3.05, 3.63) is 53.3 Å². The van der Waals surface area contributed by atoms with Gasteiger partial charge in [-0.05, 0) is 49.4 Å². The molecule has 8 nitrogen and oxygen atoms in total. The molecule has 0 saturated carbocycles. The second kappa shape index (κ2) is 8.60. The van der Waals surface area contributed by atoms with E-state index in [-0.39, 0.29) is 22.5 Å². The molecule has 4 aromatic rings. The van der Waals surface area contributed by atoms with Crippen molar-refractivity contribution in [2.24, 2.45) is 5.92 Å². The zero-order chi connectivity index (χ0) is 23.2. The number of aryl methyl sites for hydroxylation is 1. The zero-order valence-corrected chi connectivity index (χ0v) is 20.0. The quantitative estimate of drug-likeness (QED) is 0.442. The normalized spacial score (nSPS) is 17.5. The fraction of sp³-hybridized carbons (Fsp3) is 0.286. The maximum atomic E-state index is 13.6. The van der Waals surface area contributed by atoms with Gasteiger partial charge in [0, 0.05) is 19.2 Å². The standard InChI is InChI=1S/C21H20FN5O3S3/c1-13-10-18(27(25-13)21-23-16-7-6-15(22)11-17(16)32-21)24-20(28)14-4-2-8-26(12-14)33(29,30)19-5-3-9-31-19/h3,5-7,9-11,14H,2,4,8,12H2,1H3,(H,24,28). The molecule has 1 unspecified atom stereocenters. The van der Waals surface area contributed by atoms with Gasteiger partial charge in [-0.3, -0.25) is 4.79 Å². The van der Waals surface area contributed by atoms with Crippen LogP contribution >= 0.6 is 22.7 Å². The van der Waals surface area contributed by atoms with Crippen molar-refractivity contribution in [3.8, 4) is 5.13 Å². The molecule has 172 valence electrons. The number of thiazole rings is 1. The number of nitrogens with zero attached hydrogens (tertiary/aromatic N) is 4. The summed E-state index contributed by atoms with van der Waals surface area (Å²) in [5, 5.41) is 9.56. The fourth-order valence-electron chi connectivity index (χ4n) is 3.85. The average molecular weight is 506 g/mol. The lowest BCUT2D eigenvalue weighted by Gasteiger charge is -2.30. The van der Waals surface area contributed by atoms with E-state index in [0.29, 0.717) is 46.2 Å². The third-order valence-corrected chi connectivity index (χ3v) is 9.68. The number of carbonyl (C=O) groups excluding carboxylic acids is 1. The van der Waals surface area contributed by atoms with E-state index in [1.807, 2.05) is 0 Å². The summed E-state index contributed by atoms with van der Waals surface area (Å²) in [5.74, 6) is -0.659. The number of piperidine rings is 1. The minimum absolute atomic E-state index is 0.125. The van der Waals surface area contributed by atoms with Gasteiger partial charge in [0.15, 0.2) is 0 Å². The van der Waals surface area contributed by atoms with Gasteiger partial charge in [-0.15, -0.1) is 11.3 Å². The molecule has 1 fully saturated rings. The third-order valence-electron chi connectivity index (χ3n) is 5.45. The van der Waals surface area contributed by atoms with E-state index in [1.165, 1.54) is 43.8 Å². The highest BCUT2D eigenvalue weighted by Gasteiger charge is 2.34. The summed E-state index contributed by atoms with van der Waals surface area (Å²) in [6.45, 7) is 2.32. The van der Waals surface area contributed by atoms with Crippen LogP contribution in [0.5, 0.6) is 0 Å². The van der Waals surface area contributed by atoms with Crippen molar-refractivity contribution in [1.82, 2.24) is 19.1 Å². The van der Waals surface area contributed by atoms with Gasteiger partial charge in [-0.25, -0.2) is 17.8 Å². The zero-order valence-electron chi connectivity index (χ0n) is 17.6. The Hall–Kier alpha value is -2.67. The van der Waals surface area contributed by atoms with Crippen LogP contribution in [0.15, 0.2) is 46.0 Å². The van der Waals surface area contributed by atoms with Crippen LogP contribution in [0.3, 0.4) is 0 Å². The van der Waals surface area contributed by atoms with E-state index < -0.39 is 15.9 Å². The van der Waals surface area contributed by atoms with Crippen LogP contribution in [-0.4, -0.2) is 46.5 Å². The smallest absolute Gasteiger partial charge is 0.252 e. The van der Waals surface area contributed by atoms with Crippen LogP contribution in [0.1, 0.15) is 18.5 Å². The average Bonchev–Trinajstić information content (AvgIpc) is 3.53. The van der Waals surface area contributed by atoms with E-state index in [4.69, 9.17) is 0 Å². The lowest BCUT2D eigenvalue weighted by Crippen LogP contribution is -2.43. The molecule has 5 rings (SSSR count). The number of sulfonamides is 1. The first-order valence-corrected chi connectivity index (χ1v) is 13.4. The Bertz CT molecular complexity index is 1430. The highest BCUT2D eigenvalue weighted by atomic mass is 32.2. The van der Waals surface area contributed by atoms with E-state index in [1.54, 1.807) is 36.6 Å². The van der Waals surface area contributed by atoms with Crippen LogP contribution in [0.25, 0.3) is 15.3 Å². The molecule has 1 saturated heterocycles. The number of aromatic nitrogens is 3. The minimum Gasteiger partial charge on any atom is -0.310 e. The highest BCUT2D eigenvalue weighted by Crippen LogP contribution is 2.30. The number of hydrogen-bond donors (Lipinski definition) is 1. The van der Waals surface area contributed by atoms with Gasteiger partial charge >= 0.3 is 0 Å². The monoisotopic (exact) mass is 505 g/mol. The Labute approximate surface area is 197 Å². The largest absolute Gasteiger partial charge is 0.310 e. The van der Waals surface area contributed by atoms with E-state index in [9.17, 15) is 17.6 Å². The van der Waals surface area contributed by atoms with Gasteiger partial charge in [0.05, 0.1) is 21.8 Å². The summed E-state index contributed by atoms with van der Waals surface area (Å²) in [5.41, 5.74) is 1.32. The lowest BCUT2D eigenvalue weighted by molar-refractivity contribution is -0.120. The SMILES string of the molecule is Cc1cc(NC(=O)C2CCCN(S(=O)(=O)c3cccs3)C2)n(-c2nc3ccc(F)cc3s2)n1. The van der Waals surface area contributed by atoms with Crippen LogP contribution in [0.4, 0.5) is 10.2 Å². The Balaban J connectivity index is 1.37. The number of rotatable bonds is 5. The molecule has 1 amide bonds. The van der Waals surface area contributed by atoms with Crippen molar-refractivity contribution in [2.45, 2.75) is 24.0 Å². The fourth-order valence-corrected chi connectivity index (χ4v) is 7.48. The third kappa shape index (κ3) is 4.31. The number of benzene rings is 1. The second-order valence-electron chi connectivity index (χ2n) is 7.81. The number of amides is 1. The summed E-state index contributed by atoms with van der Waals surface area (Å²) in [6, 6.07) is 9.37. The van der Waals surface area contributed by atoms with Crippen molar-refractivity contribution < 1.29 is 17.6 Å². The van der Waals surface area contributed by atoms with Gasteiger partial charge in [0.1, 0.15) is 15.8 Å². The molecule has 0 spiro atoms. The summed E-state index contributed by atoms with van der Waals surface area (Å²) < 4.78 is 43.2. The molecule has 0 radical (unpaired) electrons. The Morgan fingerprint density at radius 3 is 2.91 bits per heavy atom. The molecular weight excluding hydrogens is 485 g/mol. The van der Waals surface area contributed by atoms with Gasteiger partial charge < -0.3 is 5.32 Å². The molecule has 0 bridgehead atoms. The molecule has 1 aliphatic rings. The van der Waals surface area contributed by atoms with E-state index >= 15 is 0 Å². The Morgan fingerprint density at radius 2 is 2.12 bits per heavy atom. The molecule has 12 heteroatoms. The van der Waals surface area contributed by atoms with Gasteiger partial charge in [0.2, 0.25) is 11.0 Å². The maximum Gasteiger partial charge on any atom is 0.252 e. The number of hydrogen-bond acceptors (Lipinski definition) is 7. The molecule has 0 aliphatic carbocycles. The van der Waals surface area contributed by atoms with Crippen LogP contribution in [0, 0.1) is 18.7 Å². The van der Waals surface area contributed by atoms with Crippen molar-refractivity contribution in [1.29, 1.82) is 0 Å². The number of anilines is 1. The molecule has 33 heavy (non-hydrogen) atoms. The van der Waals surface area contributed by atoms with Crippen molar-refractivity contribution >= 4 is 54.6 Å². The van der Waals surface area contributed by atoms with Crippen LogP contribution in [-0.2, 0) is 14.8 Å². The number of nitrogens with one attached hydrogen (secondary N) is 1. The summed E-state index contributed by atoms with van der Waals surface area (Å²) in [4.78, 5) is 17.6. The molecule has 3 aromatic heterocycles. The first-order chi connectivity index (χ1) is 15.8. The maximum absolute atomic E-state index is 13.6. The Morgan fingerprint density at radius 1 is 1.27 bits per heavy atom. The molecular formula is C21H20FN5O3S3. The molecule has 1 aliphatic heterocycles. The van der Waals surface area contributed by atoms with Crippen molar-refractivity contribution in [3.63, 3.8) is 0 Å². The molecule has 1 aromatic carbocycles. The number of carbonyl (C=O) groups is 1. The van der Waals surface area contributed by atoms with Crippen molar-refractivity contribution in [2.75, 3.05) is 18.4 Å². The predicted molar refractivity (Wildman–Crippen MR) is 126 cm³/mol. The summed E-state index contributed by atoms with van der Waals surface area (Å²) >= 11 is 2.44. The number of thiophene rings is 1. The van der Waals surface area contributed by atoms with E-state index in [2.05, 4.69) is 15.4 Å². The van der Waals surface area contributed by atoms with Gasteiger partial charge in [-0.2, -0.15) is 14.1 Å². The first kappa shape index (κ1) is 22.1. The van der Waals surface area contributed by atoms with E-state index in [0.717, 1.165) is 0 Å². The Kier molecular flexibility index (Phi) is 5.77. The van der Waals surface area contributed by atoms with Crippen LogP contribution in [0.2, 0.25) is 0 Å². The minimum atomic E-state index is -3.61.